The number of aliphatic hydroxyl groups is 1. The number of anilines is 1. The molecule has 0 spiro atoms. The summed E-state index contributed by atoms with van der Waals surface area (Å²) in [6.45, 7) is 16.6. The molecular formula is C44H61N7O7S. The number of hydrazine groups is 1. The molecule has 2 aliphatic heterocycles. The molecule has 4 N–H and O–H groups in total. The number of carbonyl (C=O) groups excluding carboxylic acids is 2. The predicted molar refractivity (Wildman–Crippen MR) is 230 cm³/mol. The zero-order valence-corrected chi connectivity index (χ0v) is 36.6. The molecule has 59 heavy (non-hydrogen) atoms. The Labute approximate surface area is 351 Å². The lowest BCUT2D eigenvalue weighted by molar-refractivity contribution is -0.147. The molecule has 1 aromatic carbocycles. The van der Waals surface area contributed by atoms with Gasteiger partial charge in [0.2, 0.25) is 0 Å². The van der Waals surface area contributed by atoms with E-state index in [1.807, 2.05) is 18.5 Å². The van der Waals surface area contributed by atoms with Crippen LogP contribution in [0.5, 0.6) is 0 Å². The molecule has 2 fully saturated rings. The maximum atomic E-state index is 13.9. The number of benzene rings is 1. The van der Waals surface area contributed by atoms with Gasteiger partial charge in [-0.05, 0) is 102 Å². The number of aliphatic carboxylic acids is 1. The van der Waals surface area contributed by atoms with Crippen molar-refractivity contribution in [2.75, 3.05) is 38.3 Å². The van der Waals surface area contributed by atoms with Gasteiger partial charge in [0.15, 0.2) is 0 Å². The van der Waals surface area contributed by atoms with E-state index in [9.17, 15) is 24.6 Å². The molecule has 2 amide bonds. The van der Waals surface area contributed by atoms with E-state index in [2.05, 4.69) is 65.2 Å². The van der Waals surface area contributed by atoms with Gasteiger partial charge in [0.25, 0.3) is 5.91 Å². The number of carboxylic acids is 1. The molecule has 14 nitrogen and oxygen atoms in total. The SMILES string of the molecule is CCn1c(-c2cc(N3CCCCC3)cnc2[C@H](C)OC)c(CC(C)(C)CO)c2cc(-c3csc(C[C@H](NC(=O)OC(C)(C)C)C(=O)N4CCC[C@@H](C(=O)O)N4)n3)ccc21. The first-order valence-corrected chi connectivity index (χ1v) is 21.7. The number of carbonyl (C=O) groups is 3. The summed E-state index contributed by atoms with van der Waals surface area (Å²) in [7, 11) is 1.71. The first-order valence-electron chi connectivity index (χ1n) is 20.8. The maximum Gasteiger partial charge on any atom is 0.408 e. The second-order valence-electron chi connectivity index (χ2n) is 17.5. The van der Waals surface area contributed by atoms with Crippen LogP contribution in [0.25, 0.3) is 33.4 Å². The van der Waals surface area contributed by atoms with Crippen LogP contribution >= 0.6 is 11.3 Å². The third kappa shape index (κ3) is 10.2. The Balaban J connectivity index is 1.41. The highest BCUT2D eigenvalue weighted by Crippen LogP contribution is 2.43. The number of carboxylic acid groups (broad SMARTS) is 1. The Bertz CT molecular complexity index is 2130. The summed E-state index contributed by atoms with van der Waals surface area (Å²) >= 11 is 1.38. The largest absolute Gasteiger partial charge is 0.480 e. The van der Waals surface area contributed by atoms with Gasteiger partial charge in [0.1, 0.15) is 17.7 Å². The summed E-state index contributed by atoms with van der Waals surface area (Å²) in [5, 5.41) is 27.8. The van der Waals surface area contributed by atoms with E-state index in [0.717, 1.165) is 76.3 Å². The average Bonchev–Trinajstić information content (AvgIpc) is 3.81. The molecule has 4 aromatic rings. The van der Waals surface area contributed by atoms with Crippen molar-refractivity contribution in [3.05, 3.63) is 52.1 Å². The lowest BCUT2D eigenvalue weighted by Gasteiger charge is -2.34. The van der Waals surface area contributed by atoms with Gasteiger partial charge in [-0.1, -0.05) is 19.9 Å². The highest BCUT2D eigenvalue weighted by molar-refractivity contribution is 7.10. The fraction of sp³-hybridized carbons (Fsp3) is 0.568. The summed E-state index contributed by atoms with van der Waals surface area (Å²) in [6, 6.07) is 6.67. The monoisotopic (exact) mass is 831 g/mol. The van der Waals surface area contributed by atoms with Crippen molar-refractivity contribution < 1.29 is 34.1 Å². The van der Waals surface area contributed by atoms with Crippen LogP contribution in [0.3, 0.4) is 0 Å². The zero-order valence-electron chi connectivity index (χ0n) is 35.8. The molecule has 15 heteroatoms. The number of hydrogen-bond donors (Lipinski definition) is 4. The second-order valence-corrected chi connectivity index (χ2v) is 18.5. The average molecular weight is 832 g/mol. The molecule has 0 unspecified atom stereocenters. The van der Waals surface area contributed by atoms with Crippen molar-refractivity contribution in [2.24, 2.45) is 5.41 Å². The number of aryl methyl sites for hydroxylation is 1. The van der Waals surface area contributed by atoms with Gasteiger partial charge >= 0.3 is 12.1 Å². The topological polar surface area (TPSA) is 171 Å². The number of fused-ring (bicyclic) bond motifs is 1. The number of piperidine rings is 1. The van der Waals surface area contributed by atoms with Crippen LogP contribution in [0.4, 0.5) is 10.5 Å². The first-order chi connectivity index (χ1) is 28.0. The van der Waals surface area contributed by atoms with Crippen molar-refractivity contribution in [3.8, 4) is 22.5 Å². The van der Waals surface area contributed by atoms with Gasteiger partial charge in [-0.3, -0.25) is 19.6 Å². The van der Waals surface area contributed by atoms with Gasteiger partial charge in [-0.15, -0.1) is 11.3 Å². The van der Waals surface area contributed by atoms with Crippen molar-refractivity contribution >= 4 is 45.9 Å². The molecule has 0 aliphatic carbocycles. The van der Waals surface area contributed by atoms with E-state index >= 15 is 0 Å². The number of thiazole rings is 1. The van der Waals surface area contributed by atoms with Crippen LogP contribution < -0.4 is 15.6 Å². The minimum atomic E-state index is -1.06. The number of aromatic nitrogens is 3. The van der Waals surface area contributed by atoms with Crippen LogP contribution in [-0.4, -0.2) is 98.8 Å². The van der Waals surface area contributed by atoms with E-state index in [0.29, 0.717) is 37.4 Å². The standard InChI is InChI=1S/C44H61N7O7S/c1-9-50-36-16-15-28(35-25-59-37(46-35)22-34(47-42(56)58-43(3,4)5)40(53)51-19-13-14-33(48-51)41(54)55)20-30(36)32(23-44(6,7)26-52)39(50)31-21-29(49-17-11-10-12-18-49)24-45-38(31)27(2)57-8/h15-16,20-21,24-25,27,33-34,48,52H,9-14,17-19,22-23,26H2,1-8H3,(H,47,56)(H,54,55)/t27-,33-,34-/m0/s1. The van der Waals surface area contributed by atoms with Crippen LogP contribution in [0, 0.1) is 5.41 Å². The fourth-order valence-corrected chi connectivity index (χ4v) is 8.87. The summed E-state index contributed by atoms with van der Waals surface area (Å²) in [6.07, 6.45) is 6.09. The number of hydrogen-bond acceptors (Lipinski definition) is 11. The third-order valence-electron chi connectivity index (χ3n) is 11.2. The number of aliphatic hydroxyl groups excluding tert-OH is 1. The smallest absolute Gasteiger partial charge is 0.408 e. The molecular weight excluding hydrogens is 771 g/mol. The Morgan fingerprint density at radius 1 is 1.07 bits per heavy atom. The first kappa shape index (κ1) is 44.0. The molecule has 3 aromatic heterocycles. The van der Waals surface area contributed by atoms with E-state index < -0.39 is 41.1 Å². The Morgan fingerprint density at radius 3 is 2.47 bits per heavy atom. The van der Waals surface area contributed by atoms with Crippen molar-refractivity contribution in [3.63, 3.8) is 0 Å². The predicted octanol–water partition coefficient (Wildman–Crippen LogP) is 7.12. The Morgan fingerprint density at radius 2 is 1.81 bits per heavy atom. The van der Waals surface area contributed by atoms with E-state index in [-0.39, 0.29) is 19.1 Å². The number of rotatable bonds is 14. The zero-order chi connectivity index (χ0) is 42.6. The van der Waals surface area contributed by atoms with Gasteiger partial charge in [-0.2, -0.15) is 0 Å². The number of ether oxygens (including phenoxy) is 2. The fourth-order valence-electron chi connectivity index (χ4n) is 8.02. The van der Waals surface area contributed by atoms with Gasteiger partial charge in [0, 0.05) is 73.7 Å². The third-order valence-corrected chi connectivity index (χ3v) is 12.0. The quantitative estimate of drug-likeness (QED) is 0.102. The molecule has 0 bridgehead atoms. The van der Waals surface area contributed by atoms with Gasteiger partial charge < -0.3 is 34.5 Å². The van der Waals surface area contributed by atoms with Crippen molar-refractivity contribution in [2.45, 2.75) is 124 Å². The van der Waals surface area contributed by atoms with Crippen molar-refractivity contribution in [1.82, 2.24) is 30.3 Å². The molecule has 2 saturated heterocycles. The Hall–Kier alpha value is -4.57. The normalized spacial score (nSPS) is 17.5. The minimum Gasteiger partial charge on any atom is -0.480 e. The summed E-state index contributed by atoms with van der Waals surface area (Å²) in [5.74, 6) is -1.51. The number of pyridine rings is 1. The van der Waals surface area contributed by atoms with E-state index in [4.69, 9.17) is 19.4 Å². The molecule has 5 heterocycles. The lowest BCUT2D eigenvalue weighted by Crippen LogP contribution is -2.60. The molecule has 0 saturated carbocycles. The number of nitrogens with zero attached hydrogens (tertiary/aromatic N) is 5. The number of alkyl carbamates (subject to hydrolysis) is 1. The molecule has 6 rings (SSSR count). The van der Waals surface area contributed by atoms with E-state index in [1.54, 1.807) is 27.9 Å². The number of nitrogens with one attached hydrogen (secondary N) is 2. The van der Waals surface area contributed by atoms with Crippen LogP contribution in [0.2, 0.25) is 0 Å². The number of amides is 2. The van der Waals surface area contributed by atoms with Crippen LogP contribution in [-0.2, 0) is 38.4 Å². The highest BCUT2D eigenvalue weighted by Gasteiger charge is 2.34. The summed E-state index contributed by atoms with van der Waals surface area (Å²) in [5.41, 5.74) is 9.42. The van der Waals surface area contributed by atoms with Crippen LogP contribution in [0.1, 0.15) is 103 Å². The summed E-state index contributed by atoms with van der Waals surface area (Å²) < 4.78 is 13.7. The van der Waals surface area contributed by atoms with Gasteiger partial charge in [0.05, 0.1) is 40.1 Å². The Kier molecular flexibility index (Phi) is 13.7. The molecule has 3 atom stereocenters. The van der Waals surface area contributed by atoms with E-state index in [1.165, 1.54) is 22.8 Å². The molecule has 320 valence electrons. The maximum absolute atomic E-state index is 13.9. The highest BCUT2D eigenvalue weighted by atomic mass is 32.1. The summed E-state index contributed by atoms with van der Waals surface area (Å²) in [4.78, 5) is 51.1. The lowest BCUT2D eigenvalue weighted by atomic mass is 9.84. The minimum absolute atomic E-state index is 0.00883. The van der Waals surface area contributed by atoms with Gasteiger partial charge in [-0.25, -0.2) is 15.2 Å². The van der Waals surface area contributed by atoms with Crippen molar-refractivity contribution in [1.29, 1.82) is 0 Å². The molecule has 0 radical (unpaired) electrons. The number of methoxy groups -OCH3 is 1. The van der Waals surface area contributed by atoms with Crippen LogP contribution in [0.15, 0.2) is 35.8 Å². The molecule has 2 aliphatic rings. The second kappa shape index (κ2) is 18.4.